The molecule has 0 aromatic heterocycles. The standard InChI is InChI=1S/C20H32O5.C19H30O7.2CO2/c1-4-6-7-8-13(21)11-16-17(22)20-19(25-16)12(3)18-15(24-20)10-9-14(5-2)23-18;1-3-5-6-9-18-17(20)19(21)16(26-18)15-14(25-19)13(24-18)12-11(23-15)8-7-10(4-2)22-12;2*2-1-3/h11-12,14-15,17-20,22H,4-10H2,1-3H3;10-17,20-21H,3-9H2,1-2H3;;/b16-11-;;;/t12-,14-,15-,17-,18+,19-,20?;10-,11-,12-,13-,14-,15+,16?,17+,18+,19+;;/m00../s1. The monoisotopic (exact) mass is 810 g/mol. The van der Waals surface area contributed by atoms with E-state index in [1.54, 1.807) is 0 Å². The summed E-state index contributed by atoms with van der Waals surface area (Å²) in [6.45, 7) is 10.6. The zero-order valence-electron chi connectivity index (χ0n) is 33.8. The average molecular weight is 811 g/mol. The highest BCUT2D eigenvalue weighted by Crippen LogP contribution is 2.57. The Morgan fingerprint density at radius 1 is 0.702 bits per heavy atom. The molecule has 3 N–H and O–H groups in total. The van der Waals surface area contributed by atoms with Crippen LogP contribution in [0.15, 0.2) is 11.8 Å². The molecule has 2 unspecified atom stereocenters. The summed E-state index contributed by atoms with van der Waals surface area (Å²) < 4.78 is 49.4. The highest BCUT2D eigenvalue weighted by molar-refractivity contribution is 5.90. The Labute approximate surface area is 334 Å². The lowest BCUT2D eigenvalue weighted by atomic mass is 9.83. The summed E-state index contributed by atoms with van der Waals surface area (Å²) in [4.78, 5) is 44.6. The average Bonchev–Trinajstić information content (AvgIpc) is 3.69. The smallest absolute Gasteiger partial charge is 0.373 e. The Hall–Kier alpha value is -2.43. The molecule has 0 aromatic rings. The molecule has 0 amide bonds. The number of aliphatic hydroxyl groups excluding tert-OH is 2. The van der Waals surface area contributed by atoms with Crippen molar-refractivity contribution in [2.75, 3.05) is 0 Å². The molecule has 9 rings (SSSR count). The normalized spacial score (nSPS) is 44.8. The maximum atomic E-state index is 12.1. The van der Waals surface area contributed by atoms with Crippen molar-refractivity contribution in [1.29, 1.82) is 0 Å². The van der Waals surface area contributed by atoms with E-state index in [1.807, 2.05) is 0 Å². The lowest BCUT2D eigenvalue weighted by Crippen LogP contribution is -2.62. The summed E-state index contributed by atoms with van der Waals surface area (Å²) >= 11 is 0. The van der Waals surface area contributed by atoms with E-state index in [1.165, 1.54) is 6.08 Å². The van der Waals surface area contributed by atoms with Crippen molar-refractivity contribution < 1.29 is 77.2 Å². The van der Waals surface area contributed by atoms with E-state index in [-0.39, 0.29) is 66.7 Å². The van der Waals surface area contributed by atoms with Gasteiger partial charge in [0.1, 0.15) is 54.6 Å². The Bertz CT molecular complexity index is 1420. The summed E-state index contributed by atoms with van der Waals surface area (Å²) in [5.74, 6) is -2.49. The fourth-order valence-corrected chi connectivity index (χ4v) is 9.76. The highest BCUT2D eigenvalue weighted by atomic mass is 16.8. The first-order valence-electron chi connectivity index (χ1n) is 21.0. The number of rotatable bonds is 11. The molecule has 16 nitrogen and oxygen atoms in total. The van der Waals surface area contributed by atoms with Gasteiger partial charge in [0.25, 0.3) is 0 Å². The fraction of sp³-hybridized carbons (Fsp3) is 0.878. The molecule has 9 fully saturated rings. The number of carbonyl (C=O) groups excluding carboxylic acids is 5. The Morgan fingerprint density at radius 2 is 1.26 bits per heavy atom. The van der Waals surface area contributed by atoms with Crippen molar-refractivity contribution in [3.8, 4) is 0 Å². The van der Waals surface area contributed by atoms with Crippen molar-refractivity contribution in [2.24, 2.45) is 5.92 Å². The molecule has 17 atom stereocenters. The van der Waals surface area contributed by atoms with Crippen LogP contribution in [0.3, 0.4) is 0 Å². The van der Waals surface area contributed by atoms with Crippen LogP contribution in [0.25, 0.3) is 0 Å². The zero-order valence-corrected chi connectivity index (χ0v) is 33.8. The van der Waals surface area contributed by atoms with E-state index < -0.39 is 54.3 Å². The summed E-state index contributed by atoms with van der Waals surface area (Å²) in [5, 5.41) is 32.6. The number of carbonyl (C=O) groups is 1. The van der Waals surface area contributed by atoms with Gasteiger partial charge in [-0.3, -0.25) is 4.79 Å². The van der Waals surface area contributed by atoms with Crippen molar-refractivity contribution in [1.82, 2.24) is 0 Å². The third-order valence-corrected chi connectivity index (χ3v) is 12.7. The number of ether oxygens (including phenoxy) is 8. The number of fused-ring (bicyclic) bond motifs is 3. The highest BCUT2D eigenvalue weighted by Gasteiger charge is 2.78. The van der Waals surface area contributed by atoms with E-state index in [2.05, 4.69) is 34.6 Å². The molecule has 9 heterocycles. The second-order valence-electron chi connectivity index (χ2n) is 16.3. The number of hydrogen-bond acceptors (Lipinski definition) is 16. The minimum atomic E-state index is -1.77. The molecule has 16 heteroatoms. The minimum Gasteiger partial charge on any atom is -0.489 e. The molecule has 322 valence electrons. The van der Waals surface area contributed by atoms with Gasteiger partial charge >= 0.3 is 12.3 Å². The molecule has 9 aliphatic heterocycles. The van der Waals surface area contributed by atoms with Crippen LogP contribution in [-0.4, -0.2) is 130 Å². The minimum absolute atomic E-state index is 0.00626. The third kappa shape index (κ3) is 9.33. The Balaban J connectivity index is 0.000000192. The van der Waals surface area contributed by atoms with Crippen LogP contribution in [0, 0.1) is 5.92 Å². The van der Waals surface area contributed by atoms with Crippen molar-refractivity contribution >= 4 is 18.1 Å². The van der Waals surface area contributed by atoms with Crippen LogP contribution in [0.1, 0.15) is 125 Å². The van der Waals surface area contributed by atoms with Crippen molar-refractivity contribution in [3.05, 3.63) is 11.8 Å². The molecule has 57 heavy (non-hydrogen) atoms. The van der Waals surface area contributed by atoms with E-state index in [4.69, 9.17) is 57.1 Å². The van der Waals surface area contributed by atoms with Gasteiger partial charge in [-0.05, 0) is 51.4 Å². The quantitative estimate of drug-likeness (QED) is 0.202. The molecule has 0 aromatic carbocycles. The topological polar surface area (TPSA) is 220 Å². The fourth-order valence-electron chi connectivity index (χ4n) is 9.76. The number of ketones is 1. The predicted octanol–water partition coefficient (Wildman–Crippen LogP) is 3.21. The number of hydrogen-bond donors (Lipinski definition) is 3. The van der Waals surface area contributed by atoms with Gasteiger partial charge in [-0.15, -0.1) is 0 Å². The number of aliphatic hydroxyl groups is 3. The maximum Gasteiger partial charge on any atom is 0.373 e. The first kappa shape index (κ1) is 45.7. The van der Waals surface area contributed by atoms with Gasteiger partial charge in [-0.1, -0.05) is 60.3 Å². The van der Waals surface area contributed by atoms with Gasteiger partial charge in [-0.25, -0.2) is 0 Å². The lowest BCUT2D eigenvalue weighted by molar-refractivity contribution is -0.305. The first-order valence-corrected chi connectivity index (χ1v) is 21.0. The molecule has 9 aliphatic rings. The van der Waals surface area contributed by atoms with Gasteiger partial charge < -0.3 is 53.2 Å². The molecular weight excluding hydrogens is 748 g/mol. The summed E-state index contributed by atoms with van der Waals surface area (Å²) in [6.07, 6.45) is 10.1. The second kappa shape index (κ2) is 20.2. The van der Waals surface area contributed by atoms with E-state index >= 15 is 0 Å². The van der Waals surface area contributed by atoms with Crippen LogP contribution in [0.4, 0.5) is 0 Å². The zero-order chi connectivity index (χ0) is 41.5. The molecule has 0 radical (unpaired) electrons. The first-order chi connectivity index (χ1) is 27.4. The number of allylic oxidation sites excluding steroid dienone is 1. The van der Waals surface area contributed by atoms with Gasteiger partial charge in [0.15, 0.2) is 11.9 Å². The molecule has 9 saturated heterocycles. The summed E-state index contributed by atoms with van der Waals surface area (Å²) in [6, 6.07) is 0. The SMILES string of the molecule is CCCCCC(=O)/C=C1\O[C@@H]2C(O[C@H]3CC[C@H](CC)O[C@@H]3[C@@H]2C)[C@H]1O.CCCCC[C@]12OC3[C@@H]4O[C@H]5CC[C@H](CC)O[C@@H]5[C@H](O1)[C@@H]4O[C@@]3(O)[C@@H]2O.O=C=O.O=C=O. The molecule has 0 spiro atoms. The van der Waals surface area contributed by atoms with E-state index in [0.29, 0.717) is 18.6 Å². The van der Waals surface area contributed by atoms with Crippen molar-refractivity contribution in [3.63, 3.8) is 0 Å². The largest absolute Gasteiger partial charge is 0.489 e. The van der Waals surface area contributed by atoms with Crippen LogP contribution in [-0.2, 0) is 61.9 Å². The van der Waals surface area contributed by atoms with Gasteiger partial charge in [0.05, 0.1) is 30.5 Å². The molecule has 0 aliphatic carbocycles. The van der Waals surface area contributed by atoms with Gasteiger partial charge in [0, 0.05) is 24.8 Å². The maximum absolute atomic E-state index is 12.1. The van der Waals surface area contributed by atoms with E-state index in [0.717, 1.165) is 77.0 Å². The van der Waals surface area contributed by atoms with Gasteiger partial charge in [-0.2, -0.15) is 19.2 Å². The lowest BCUT2D eigenvalue weighted by Gasteiger charge is -2.47. The van der Waals surface area contributed by atoms with E-state index in [9.17, 15) is 20.1 Å². The predicted molar refractivity (Wildman–Crippen MR) is 193 cm³/mol. The second-order valence-corrected chi connectivity index (χ2v) is 16.3. The Morgan fingerprint density at radius 3 is 1.88 bits per heavy atom. The molecule has 6 bridgehead atoms. The van der Waals surface area contributed by atoms with Gasteiger partial charge in [0.2, 0.25) is 11.6 Å². The summed E-state index contributed by atoms with van der Waals surface area (Å²) in [5.41, 5.74) is 0. The Kier molecular flexibility index (Phi) is 16.2. The van der Waals surface area contributed by atoms with Crippen LogP contribution >= 0.6 is 0 Å². The van der Waals surface area contributed by atoms with Crippen LogP contribution in [0.2, 0.25) is 0 Å². The molecular formula is C41H62O16. The van der Waals surface area contributed by atoms with Crippen LogP contribution in [0.5, 0.6) is 0 Å². The summed E-state index contributed by atoms with van der Waals surface area (Å²) in [7, 11) is 0. The van der Waals surface area contributed by atoms with Crippen molar-refractivity contribution in [2.45, 2.75) is 222 Å². The third-order valence-electron chi connectivity index (χ3n) is 12.7. The number of unbranched alkanes of at least 4 members (excludes halogenated alkanes) is 4. The molecule has 0 saturated carbocycles. The van der Waals surface area contributed by atoms with Crippen LogP contribution < -0.4 is 0 Å².